The molecule has 0 radical (unpaired) electrons. The summed E-state index contributed by atoms with van der Waals surface area (Å²) in [4.78, 5) is 10.8. The van der Waals surface area contributed by atoms with E-state index in [0.717, 1.165) is 6.26 Å². The lowest BCUT2D eigenvalue weighted by Crippen LogP contribution is -1.98. The summed E-state index contributed by atoms with van der Waals surface area (Å²) in [5, 5.41) is 9.40. The first kappa shape index (κ1) is 11.7. The molecule has 0 spiro atoms. The van der Waals surface area contributed by atoms with E-state index in [1.165, 1.54) is 18.2 Å². The molecule has 17 heavy (non-hydrogen) atoms. The van der Waals surface area contributed by atoms with Gasteiger partial charge in [-0.3, -0.25) is 0 Å². The smallest absolute Gasteiger partial charge is 0.335 e. The van der Waals surface area contributed by atoms with Crippen LogP contribution in [-0.4, -0.2) is 25.7 Å². The number of furan rings is 1. The van der Waals surface area contributed by atoms with Crippen molar-refractivity contribution in [2.45, 2.75) is 5.75 Å². The monoisotopic (exact) mass is 254 g/mol. The van der Waals surface area contributed by atoms with E-state index in [2.05, 4.69) is 0 Å². The number of carbonyl (C=O) groups is 1. The van der Waals surface area contributed by atoms with Gasteiger partial charge in [-0.05, 0) is 24.3 Å². The third-order valence-corrected chi connectivity index (χ3v) is 3.03. The van der Waals surface area contributed by atoms with Crippen LogP contribution >= 0.6 is 0 Å². The second-order valence-electron chi connectivity index (χ2n) is 3.84. The van der Waals surface area contributed by atoms with Gasteiger partial charge in [0.2, 0.25) is 0 Å². The Morgan fingerprint density at radius 1 is 1.35 bits per heavy atom. The van der Waals surface area contributed by atoms with Crippen LogP contribution in [0.5, 0.6) is 0 Å². The second-order valence-corrected chi connectivity index (χ2v) is 5.98. The van der Waals surface area contributed by atoms with E-state index in [1.807, 2.05) is 0 Å². The fourth-order valence-corrected chi connectivity index (χ4v) is 2.22. The van der Waals surface area contributed by atoms with Crippen molar-refractivity contribution in [1.29, 1.82) is 0 Å². The average molecular weight is 254 g/mol. The number of fused-ring (bicyclic) bond motifs is 1. The number of carboxylic acids is 1. The molecule has 1 aromatic heterocycles. The molecule has 0 saturated carbocycles. The maximum Gasteiger partial charge on any atom is 0.335 e. The van der Waals surface area contributed by atoms with Crippen molar-refractivity contribution in [2.24, 2.45) is 0 Å². The molecule has 0 aliphatic heterocycles. The highest BCUT2D eigenvalue weighted by Crippen LogP contribution is 2.22. The van der Waals surface area contributed by atoms with Crippen molar-refractivity contribution in [1.82, 2.24) is 0 Å². The maximum atomic E-state index is 11.1. The van der Waals surface area contributed by atoms with Gasteiger partial charge in [0.05, 0.1) is 5.56 Å². The second kappa shape index (κ2) is 3.89. The largest absolute Gasteiger partial charge is 0.478 e. The molecule has 0 atom stereocenters. The van der Waals surface area contributed by atoms with E-state index in [0.29, 0.717) is 16.7 Å². The SMILES string of the molecule is CS(=O)(=O)Cc1cc2cc(C(=O)O)ccc2o1. The highest BCUT2D eigenvalue weighted by atomic mass is 32.2. The lowest BCUT2D eigenvalue weighted by Gasteiger charge is -1.92. The van der Waals surface area contributed by atoms with Crippen molar-refractivity contribution in [2.75, 3.05) is 6.26 Å². The Labute approximate surface area is 97.6 Å². The zero-order valence-electron chi connectivity index (χ0n) is 9.00. The van der Waals surface area contributed by atoms with Crippen LogP contribution < -0.4 is 0 Å². The molecular formula is C11H10O5S. The molecule has 0 saturated heterocycles. The van der Waals surface area contributed by atoms with Gasteiger partial charge in [0, 0.05) is 11.6 Å². The van der Waals surface area contributed by atoms with E-state index < -0.39 is 15.8 Å². The van der Waals surface area contributed by atoms with Crippen LogP contribution in [-0.2, 0) is 15.6 Å². The van der Waals surface area contributed by atoms with Crippen molar-refractivity contribution in [3.8, 4) is 0 Å². The Balaban J connectivity index is 2.47. The first-order chi connectivity index (χ1) is 7.85. The standard InChI is InChI=1S/C11H10O5S/c1-17(14,15)6-9-5-8-4-7(11(12)13)2-3-10(8)16-9/h2-5H,6H2,1H3,(H,12,13). The van der Waals surface area contributed by atoms with Gasteiger partial charge in [-0.2, -0.15) is 0 Å². The van der Waals surface area contributed by atoms with Crippen molar-refractivity contribution in [3.63, 3.8) is 0 Å². The molecule has 0 unspecified atom stereocenters. The molecule has 6 heteroatoms. The number of benzene rings is 1. The molecule has 0 fully saturated rings. The Bertz CT molecular complexity index is 681. The summed E-state index contributed by atoms with van der Waals surface area (Å²) in [5.41, 5.74) is 0.623. The van der Waals surface area contributed by atoms with Crippen molar-refractivity contribution >= 4 is 26.8 Å². The van der Waals surface area contributed by atoms with Gasteiger partial charge in [0.25, 0.3) is 0 Å². The Hall–Kier alpha value is -1.82. The van der Waals surface area contributed by atoms with E-state index in [4.69, 9.17) is 9.52 Å². The van der Waals surface area contributed by atoms with Gasteiger partial charge in [0.1, 0.15) is 17.1 Å². The van der Waals surface area contributed by atoms with Crippen molar-refractivity contribution in [3.05, 3.63) is 35.6 Å². The molecule has 0 aliphatic carbocycles. The van der Waals surface area contributed by atoms with E-state index in [-0.39, 0.29) is 11.3 Å². The van der Waals surface area contributed by atoms with E-state index >= 15 is 0 Å². The number of aromatic carboxylic acids is 1. The van der Waals surface area contributed by atoms with E-state index in [9.17, 15) is 13.2 Å². The minimum absolute atomic E-state index is 0.143. The summed E-state index contributed by atoms with van der Waals surface area (Å²) in [6.45, 7) is 0. The predicted octanol–water partition coefficient (Wildman–Crippen LogP) is 1.68. The van der Waals surface area contributed by atoms with Gasteiger partial charge in [-0.15, -0.1) is 0 Å². The number of rotatable bonds is 3. The third kappa shape index (κ3) is 2.65. The third-order valence-electron chi connectivity index (χ3n) is 2.22. The highest BCUT2D eigenvalue weighted by Gasteiger charge is 2.11. The first-order valence-electron chi connectivity index (χ1n) is 4.79. The number of hydrogen-bond donors (Lipinski definition) is 1. The molecule has 0 bridgehead atoms. The fraction of sp³-hybridized carbons (Fsp3) is 0.182. The predicted molar refractivity (Wildman–Crippen MR) is 61.7 cm³/mol. The van der Waals surface area contributed by atoms with Gasteiger partial charge >= 0.3 is 5.97 Å². The van der Waals surface area contributed by atoms with Crippen LogP contribution in [0.15, 0.2) is 28.7 Å². The molecule has 2 rings (SSSR count). The van der Waals surface area contributed by atoms with Gasteiger partial charge < -0.3 is 9.52 Å². The molecule has 0 aliphatic rings. The molecule has 1 aromatic carbocycles. The summed E-state index contributed by atoms with van der Waals surface area (Å²) in [5.74, 6) is -0.910. The van der Waals surface area contributed by atoms with Crippen molar-refractivity contribution < 1.29 is 22.7 Å². The minimum atomic E-state index is -3.16. The summed E-state index contributed by atoms with van der Waals surface area (Å²) in [6, 6.07) is 5.93. The number of carboxylic acid groups (broad SMARTS) is 1. The van der Waals surface area contributed by atoms with Gasteiger partial charge in [-0.1, -0.05) is 0 Å². The average Bonchev–Trinajstić information content (AvgIpc) is 2.54. The fourth-order valence-electron chi connectivity index (χ4n) is 1.56. The van der Waals surface area contributed by atoms with Crippen LogP contribution in [0.25, 0.3) is 11.0 Å². The summed E-state index contributed by atoms with van der Waals surface area (Å²) in [6.07, 6.45) is 1.11. The first-order valence-corrected chi connectivity index (χ1v) is 6.85. The molecule has 1 N–H and O–H groups in total. The topological polar surface area (TPSA) is 84.6 Å². The summed E-state index contributed by atoms with van der Waals surface area (Å²) >= 11 is 0. The molecular weight excluding hydrogens is 244 g/mol. The molecule has 1 heterocycles. The molecule has 0 amide bonds. The summed E-state index contributed by atoms with van der Waals surface area (Å²) < 4.78 is 27.5. The van der Waals surface area contributed by atoms with Gasteiger partial charge in [-0.25, -0.2) is 13.2 Å². The van der Waals surface area contributed by atoms with Gasteiger partial charge in [0.15, 0.2) is 9.84 Å². The van der Waals surface area contributed by atoms with E-state index in [1.54, 1.807) is 6.07 Å². The Morgan fingerprint density at radius 3 is 2.65 bits per heavy atom. The quantitative estimate of drug-likeness (QED) is 0.900. The Kier molecular flexibility index (Phi) is 2.66. The lowest BCUT2D eigenvalue weighted by molar-refractivity contribution is 0.0697. The number of hydrogen-bond acceptors (Lipinski definition) is 4. The summed E-state index contributed by atoms with van der Waals surface area (Å²) in [7, 11) is -3.16. The maximum absolute atomic E-state index is 11.1. The Morgan fingerprint density at radius 2 is 2.06 bits per heavy atom. The van der Waals surface area contributed by atoms with Crippen LogP contribution in [0.1, 0.15) is 16.1 Å². The minimum Gasteiger partial charge on any atom is -0.478 e. The normalized spacial score (nSPS) is 11.8. The van der Waals surface area contributed by atoms with Crippen LogP contribution in [0.2, 0.25) is 0 Å². The van der Waals surface area contributed by atoms with Crippen LogP contribution in [0.3, 0.4) is 0 Å². The highest BCUT2D eigenvalue weighted by molar-refractivity contribution is 7.89. The molecule has 5 nitrogen and oxygen atoms in total. The molecule has 90 valence electrons. The van der Waals surface area contributed by atoms with Crippen LogP contribution in [0.4, 0.5) is 0 Å². The zero-order valence-corrected chi connectivity index (χ0v) is 9.82. The molecule has 2 aromatic rings. The lowest BCUT2D eigenvalue weighted by atomic mass is 10.1. The number of sulfone groups is 1. The van der Waals surface area contributed by atoms with Crippen LogP contribution in [0, 0.1) is 0 Å². The zero-order chi connectivity index (χ0) is 12.6.